The van der Waals surface area contributed by atoms with Gasteiger partial charge in [-0.15, -0.1) is 0 Å². The van der Waals surface area contributed by atoms with E-state index in [0.29, 0.717) is 0 Å². The number of carbonyl (C=O) groups is 1. The van der Waals surface area contributed by atoms with Crippen molar-refractivity contribution in [1.82, 2.24) is 10.6 Å². The monoisotopic (exact) mass is 228 g/mol. The summed E-state index contributed by atoms with van der Waals surface area (Å²) >= 11 is 0. The zero-order valence-electron chi connectivity index (χ0n) is 8.61. The normalized spacial score (nSPS) is 12.4. The molecule has 0 aliphatic rings. The van der Waals surface area contributed by atoms with E-state index in [9.17, 15) is 18.0 Å². The van der Waals surface area contributed by atoms with Gasteiger partial charge in [-0.1, -0.05) is 0 Å². The Morgan fingerprint density at radius 3 is 2.27 bits per heavy atom. The Hall–Kier alpha value is -0.980. The number of hydrogen-bond acceptors (Lipinski definition) is 2. The first kappa shape index (κ1) is 14.0. The second-order valence-corrected chi connectivity index (χ2v) is 3.78. The number of amides is 2. The first-order valence-corrected chi connectivity index (χ1v) is 4.40. The van der Waals surface area contributed by atoms with Crippen LogP contribution in [0.25, 0.3) is 0 Å². The van der Waals surface area contributed by atoms with Crippen LogP contribution in [0, 0.1) is 0 Å². The van der Waals surface area contributed by atoms with Crippen molar-refractivity contribution in [2.45, 2.75) is 32.0 Å². The summed E-state index contributed by atoms with van der Waals surface area (Å²) in [5.74, 6) is 0. The van der Waals surface area contributed by atoms with Crippen LogP contribution in [0.3, 0.4) is 0 Å². The van der Waals surface area contributed by atoms with E-state index in [1.165, 1.54) is 0 Å². The van der Waals surface area contributed by atoms with Crippen molar-refractivity contribution >= 4 is 6.03 Å². The minimum atomic E-state index is -4.42. The van der Waals surface area contributed by atoms with Crippen LogP contribution >= 0.6 is 0 Å². The Morgan fingerprint density at radius 1 is 1.33 bits per heavy atom. The molecule has 0 aliphatic heterocycles. The van der Waals surface area contributed by atoms with E-state index in [2.05, 4.69) is 5.32 Å². The number of rotatable bonds is 4. The number of alkyl halides is 3. The zero-order valence-corrected chi connectivity index (χ0v) is 8.61. The molecule has 0 heterocycles. The summed E-state index contributed by atoms with van der Waals surface area (Å²) in [6, 6.07) is -0.897. The standard InChI is InChI=1S/C8H15F3N2O2/c1-7(2,3-4-14)13-6(15)12-5-8(9,10)11/h14H,3-5H2,1-2H3,(H2,12,13,15). The van der Waals surface area contributed by atoms with Crippen LogP contribution in [0.2, 0.25) is 0 Å². The smallest absolute Gasteiger partial charge is 0.396 e. The van der Waals surface area contributed by atoms with Crippen LogP contribution in [0.4, 0.5) is 18.0 Å². The highest BCUT2D eigenvalue weighted by Crippen LogP contribution is 2.12. The van der Waals surface area contributed by atoms with Crippen molar-refractivity contribution in [1.29, 1.82) is 0 Å². The maximum atomic E-state index is 11.7. The molecule has 15 heavy (non-hydrogen) atoms. The molecule has 3 N–H and O–H groups in total. The Balaban J connectivity index is 3.93. The lowest BCUT2D eigenvalue weighted by molar-refractivity contribution is -0.122. The molecule has 0 fully saturated rings. The Labute approximate surface area is 85.8 Å². The van der Waals surface area contributed by atoms with Crippen LogP contribution in [0.15, 0.2) is 0 Å². The molecular weight excluding hydrogens is 213 g/mol. The fourth-order valence-electron chi connectivity index (χ4n) is 0.874. The number of aliphatic hydroxyl groups is 1. The van der Waals surface area contributed by atoms with Crippen molar-refractivity contribution in [2.75, 3.05) is 13.2 Å². The third kappa shape index (κ3) is 8.04. The molecule has 0 bridgehead atoms. The van der Waals surface area contributed by atoms with E-state index in [1.54, 1.807) is 19.2 Å². The van der Waals surface area contributed by atoms with E-state index in [0.717, 1.165) is 0 Å². The first-order chi connectivity index (χ1) is 6.66. The molecule has 0 aromatic heterocycles. The fourth-order valence-corrected chi connectivity index (χ4v) is 0.874. The lowest BCUT2D eigenvalue weighted by atomic mass is 10.0. The molecule has 0 aliphatic carbocycles. The Morgan fingerprint density at radius 2 is 1.87 bits per heavy atom. The second-order valence-electron chi connectivity index (χ2n) is 3.78. The average Bonchev–Trinajstić information content (AvgIpc) is 1.98. The maximum absolute atomic E-state index is 11.7. The topological polar surface area (TPSA) is 61.4 Å². The summed E-state index contributed by atoms with van der Waals surface area (Å²) in [5, 5.41) is 12.6. The predicted molar refractivity (Wildman–Crippen MR) is 48.4 cm³/mol. The summed E-state index contributed by atoms with van der Waals surface area (Å²) < 4.78 is 35.1. The molecule has 0 saturated heterocycles. The van der Waals surface area contributed by atoms with Gasteiger partial charge < -0.3 is 15.7 Å². The molecule has 0 rings (SSSR count). The minimum Gasteiger partial charge on any atom is -0.396 e. The summed E-state index contributed by atoms with van der Waals surface area (Å²) in [7, 11) is 0. The van der Waals surface area contributed by atoms with Gasteiger partial charge in [-0.05, 0) is 20.3 Å². The van der Waals surface area contributed by atoms with E-state index < -0.39 is 24.3 Å². The molecule has 0 aromatic carbocycles. The van der Waals surface area contributed by atoms with E-state index in [4.69, 9.17) is 5.11 Å². The van der Waals surface area contributed by atoms with E-state index in [-0.39, 0.29) is 13.0 Å². The second kappa shape index (κ2) is 5.20. The maximum Gasteiger partial charge on any atom is 0.405 e. The molecule has 0 unspecified atom stereocenters. The number of aliphatic hydroxyl groups excluding tert-OH is 1. The minimum absolute atomic E-state index is 0.146. The first-order valence-electron chi connectivity index (χ1n) is 4.40. The Kier molecular flexibility index (Phi) is 4.86. The molecule has 0 aromatic rings. The molecule has 2 amide bonds. The molecule has 0 saturated carbocycles. The van der Waals surface area contributed by atoms with Gasteiger partial charge in [-0.2, -0.15) is 13.2 Å². The van der Waals surface area contributed by atoms with Crippen molar-refractivity contribution in [3.63, 3.8) is 0 Å². The van der Waals surface area contributed by atoms with Gasteiger partial charge in [0.15, 0.2) is 0 Å². The summed E-state index contributed by atoms with van der Waals surface area (Å²) in [6.07, 6.45) is -4.15. The molecule has 0 radical (unpaired) electrons. The van der Waals surface area contributed by atoms with Crippen LogP contribution < -0.4 is 10.6 Å². The van der Waals surface area contributed by atoms with Crippen molar-refractivity contribution in [2.24, 2.45) is 0 Å². The van der Waals surface area contributed by atoms with Gasteiger partial charge in [0.1, 0.15) is 6.54 Å². The lowest BCUT2D eigenvalue weighted by Gasteiger charge is -2.25. The van der Waals surface area contributed by atoms with Crippen LogP contribution in [-0.4, -0.2) is 36.0 Å². The molecular formula is C8H15F3N2O2. The molecule has 0 atom stereocenters. The highest BCUT2D eigenvalue weighted by Gasteiger charge is 2.28. The number of halogens is 3. The van der Waals surface area contributed by atoms with Gasteiger partial charge in [0.25, 0.3) is 0 Å². The number of nitrogens with one attached hydrogen (secondary N) is 2. The highest BCUT2D eigenvalue weighted by molar-refractivity contribution is 5.74. The van der Waals surface area contributed by atoms with Gasteiger partial charge in [0.2, 0.25) is 0 Å². The molecule has 0 spiro atoms. The summed E-state index contributed by atoms with van der Waals surface area (Å²) in [6.45, 7) is 1.70. The van der Waals surface area contributed by atoms with Crippen molar-refractivity contribution in [3.8, 4) is 0 Å². The van der Waals surface area contributed by atoms with Gasteiger partial charge in [-0.3, -0.25) is 0 Å². The predicted octanol–water partition coefficient (Wildman–Crippen LogP) is 1.01. The number of urea groups is 1. The van der Waals surface area contributed by atoms with Gasteiger partial charge in [-0.25, -0.2) is 4.79 Å². The molecule has 7 heteroatoms. The van der Waals surface area contributed by atoms with Crippen LogP contribution in [0.5, 0.6) is 0 Å². The largest absolute Gasteiger partial charge is 0.405 e. The van der Waals surface area contributed by atoms with Crippen molar-refractivity contribution in [3.05, 3.63) is 0 Å². The highest BCUT2D eigenvalue weighted by atomic mass is 19.4. The summed E-state index contributed by atoms with van der Waals surface area (Å²) in [5.41, 5.74) is -0.732. The zero-order chi connectivity index (χ0) is 12.1. The summed E-state index contributed by atoms with van der Waals surface area (Å²) in [4.78, 5) is 11.0. The quantitative estimate of drug-likeness (QED) is 0.672. The lowest BCUT2D eigenvalue weighted by Crippen LogP contribution is -2.50. The average molecular weight is 228 g/mol. The van der Waals surface area contributed by atoms with Gasteiger partial charge >= 0.3 is 12.2 Å². The Bertz CT molecular complexity index is 216. The fraction of sp³-hybridized carbons (Fsp3) is 0.875. The number of hydrogen-bond donors (Lipinski definition) is 3. The number of carbonyl (C=O) groups excluding carboxylic acids is 1. The third-order valence-corrected chi connectivity index (χ3v) is 1.64. The SMILES string of the molecule is CC(C)(CCO)NC(=O)NCC(F)(F)F. The van der Waals surface area contributed by atoms with Crippen molar-refractivity contribution < 1.29 is 23.1 Å². The van der Waals surface area contributed by atoms with E-state index >= 15 is 0 Å². The molecule has 4 nitrogen and oxygen atoms in total. The van der Waals surface area contributed by atoms with Crippen LogP contribution in [-0.2, 0) is 0 Å². The van der Waals surface area contributed by atoms with Gasteiger partial charge in [0.05, 0.1) is 0 Å². The molecule has 90 valence electrons. The third-order valence-electron chi connectivity index (χ3n) is 1.64. The van der Waals surface area contributed by atoms with Crippen LogP contribution in [0.1, 0.15) is 20.3 Å². The van der Waals surface area contributed by atoms with E-state index in [1.807, 2.05) is 0 Å². The van der Waals surface area contributed by atoms with Gasteiger partial charge in [0, 0.05) is 12.1 Å².